The highest BCUT2D eigenvalue weighted by Crippen LogP contribution is 2.21. The first-order valence-electron chi connectivity index (χ1n) is 8.04. The van der Waals surface area contributed by atoms with E-state index in [9.17, 15) is 18.0 Å². The van der Waals surface area contributed by atoms with Crippen molar-refractivity contribution in [2.75, 3.05) is 18.4 Å². The van der Waals surface area contributed by atoms with Crippen LogP contribution in [-0.2, 0) is 19.6 Å². The second-order valence-corrected chi connectivity index (χ2v) is 7.59. The van der Waals surface area contributed by atoms with Gasteiger partial charge in [-0.1, -0.05) is 24.3 Å². The molecule has 8 nitrogen and oxygen atoms in total. The lowest BCUT2D eigenvalue weighted by Gasteiger charge is -2.33. The predicted octanol–water partition coefficient (Wildman–Crippen LogP) is 0.599. The molecule has 1 atom stereocenters. The monoisotopic (exact) mass is 374 g/mol. The fraction of sp³-hybridized carbons (Fsp3) is 0.235. The Morgan fingerprint density at radius 1 is 1.19 bits per heavy atom. The number of hydrogen-bond acceptors (Lipinski definition) is 5. The molecule has 0 spiro atoms. The normalized spacial score (nSPS) is 18.2. The zero-order valence-electron chi connectivity index (χ0n) is 13.8. The number of nitrogens with one attached hydrogen (secondary N) is 2. The van der Waals surface area contributed by atoms with E-state index in [0.29, 0.717) is 5.82 Å². The minimum atomic E-state index is -3.89. The average molecular weight is 374 g/mol. The fourth-order valence-corrected chi connectivity index (χ4v) is 4.32. The van der Waals surface area contributed by atoms with E-state index in [1.54, 1.807) is 36.4 Å². The van der Waals surface area contributed by atoms with Gasteiger partial charge in [0.1, 0.15) is 11.9 Å². The smallest absolute Gasteiger partial charge is 0.243 e. The van der Waals surface area contributed by atoms with Crippen molar-refractivity contribution in [1.82, 2.24) is 14.6 Å². The first kappa shape index (κ1) is 18.0. The maximum Gasteiger partial charge on any atom is 0.243 e. The minimum Gasteiger partial charge on any atom is -0.353 e. The lowest BCUT2D eigenvalue weighted by Crippen LogP contribution is -2.57. The molecule has 1 aliphatic rings. The first-order chi connectivity index (χ1) is 12.5. The number of nitrogens with zero attached hydrogens (tertiary/aromatic N) is 2. The molecule has 2 N–H and O–H groups in total. The number of rotatable bonds is 5. The molecule has 1 saturated heterocycles. The topological polar surface area (TPSA) is 108 Å². The molecular formula is C17H18N4O4S. The summed E-state index contributed by atoms with van der Waals surface area (Å²) < 4.78 is 26.9. The Kier molecular flexibility index (Phi) is 5.29. The molecule has 3 rings (SSSR count). The number of pyridine rings is 1. The van der Waals surface area contributed by atoms with Crippen molar-refractivity contribution in [3.05, 3.63) is 54.7 Å². The summed E-state index contributed by atoms with van der Waals surface area (Å²) in [6, 6.07) is 11.8. The van der Waals surface area contributed by atoms with Crippen LogP contribution in [-0.4, -0.2) is 48.7 Å². The first-order valence-corrected chi connectivity index (χ1v) is 9.48. The highest BCUT2D eigenvalue weighted by atomic mass is 32.2. The van der Waals surface area contributed by atoms with E-state index in [0.717, 1.165) is 4.31 Å². The molecular weight excluding hydrogens is 356 g/mol. The number of hydrogen-bond donors (Lipinski definition) is 2. The van der Waals surface area contributed by atoms with Gasteiger partial charge in [0.05, 0.1) is 11.3 Å². The van der Waals surface area contributed by atoms with Gasteiger partial charge in [-0.2, -0.15) is 4.31 Å². The molecule has 26 heavy (non-hydrogen) atoms. The summed E-state index contributed by atoms with van der Waals surface area (Å²) in [7, 11) is -3.89. The zero-order valence-corrected chi connectivity index (χ0v) is 14.6. The van der Waals surface area contributed by atoms with Crippen molar-refractivity contribution in [1.29, 1.82) is 0 Å². The minimum absolute atomic E-state index is 0.0878. The van der Waals surface area contributed by atoms with Crippen LogP contribution in [0.1, 0.15) is 6.42 Å². The third-order valence-corrected chi connectivity index (χ3v) is 5.87. The van der Waals surface area contributed by atoms with Crippen LogP contribution in [0.25, 0.3) is 0 Å². The van der Waals surface area contributed by atoms with Gasteiger partial charge in [0.15, 0.2) is 0 Å². The highest BCUT2D eigenvalue weighted by molar-refractivity contribution is 7.89. The zero-order chi connectivity index (χ0) is 18.6. The van der Waals surface area contributed by atoms with Gasteiger partial charge in [-0.3, -0.25) is 9.59 Å². The van der Waals surface area contributed by atoms with Crippen LogP contribution >= 0.6 is 0 Å². The number of amides is 2. The molecule has 0 radical (unpaired) electrons. The molecule has 136 valence electrons. The average Bonchev–Trinajstić information content (AvgIpc) is 2.65. The number of aromatic nitrogens is 1. The van der Waals surface area contributed by atoms with Gasteiger partial charge in [-0.15, -0.1) is 0 Å². The lowest BCUT2D eigenvalue weighted by molar-refractivity contribution is -0.130. The number of benzene rings is 1. The van der Waals surface area contributed by atoms with Gasteiger partial charge in [0.25, 0.3) is 0 Å². The van der Waals surface area contributed by atoms with Crippen LogP contribution in [0.5, 0.6) is 0 Å². The number of sulfonamides is 1. The Bertz CT molecular complexity index is 887. The third kappa shape index (κ3) is 3.89. The Labute approximate surface area is 151 Å². The van der Waals surface area contributed by atoms with Crippen molar-refractivity contribution >= 4 is 27.7 Å². The van der Waals surface area contributed by atoms with Crippen LogP contribution in [0.2, 0.25) is 0 Å². The lowest BCUT2D eigenvalue weighted by atomic mass is 10.1. The quantitative estimate of drug-likeness (QED) is 0.797. The van der Waals surface area contributed by atoms with E-state index in [1.165, 1.54) is 18.3 Å². The number of piperazine rings is 1. The fourth-order valence-electron chi connectivity index (χ4n) is 2.71. The van der Waals surface area contributed by atoms with E-state index in [2.05, 4.69) is 15.6 Å². The highest BCUT2D eigenvalue weighted by Gasteiger charge is 2.39. The van der Waals surface area contributed by atoms with Crippen molar-refractivity contribution in [3.8, 4) is 0 Å². The van der Waals surface area contributed by atoms with Crippen LogP contribution in [0.3, 0.4) is 0 Å². The predicted molar refractivity (Wildman–Crippen MR) is 94.6 cm³/mol. The summed E-state index contributed by atoms with van der Waals surface area (Å²) in [5.41, 5.74) is 0. The number of carbonyl (C=O) groups excluding carboxylic acids is 2. The second-order valence-electron chi connectivity index (χ2n) is 5.70. The number of carbonyl (C=O) groups is 2. The summed E-state index contributed by atoms with van der Waals surface area (Å²) >= 11 is 0. The molecule has 1 aliphatic heterocycles. The molecule has 0 aliphatic carbocycles. The molecule has 0 unspecified atom stereocenters. The molecule has 1 aromatic heterocycles. The largest absolute Gasteiger partial charge is 0.353 e. The van der Waals surface area contributed by atoms with E-state index in [4.69, 9.17) is 0 Å². The standard InChI is InChI=1S/C17H18N4O4S/c22-16(20-15-8-4-5-9-18-15)12-14-17(23)19-10-11-21(14)26(24,25)13-6-2-1-3-7-13/h1-9,14H,10-12H2,(H,19,23)(H,18,20,22)/t14-/m1/s1. The third-order valence-electron chi connectivity index (χ3n) is 3.94. The van der Waals surface area contributed by atoms with Crippen LogP contribution in [0.4, 0.5) is 5.82 Å². The van der Waals surface area contributed by atoms with E-state index in [-0.39, 0.29) is 24.4 Å². The Balaban J connectivity index is 1.81. The Morgan fingerprint density at radius 2 is 1.92 bits per heavy atom. The summed E-state index contributed by atoms with van der Waals surface area (Å²) in [4.78, 5) is 28.6. The Hall–Kier alpha value is -2.78. The van der Waals surface area contributed by atoms with Gasteiger partial charge in [0.2, 0.25) is 21.8 Å². The van der Waals surface area contributed by atoms with Gasteiger partial charge in [-0.25, -0.2) is 13.4 Å². The molecule has 2 aromatic rings. The van der Waals surface area contributed by atoms with Crippen molar-refractivity contribution < 1.29 is 18.0 Å². The van der Waals surface area contributed by atoms with Crippen LogP contribution in [0, 0.1) is 0 Å². The van der Waals surface area contributed by atoms with Gasteiger partial charge in [-0.05, 0) is 24.3 Å². The van der Waals surface area contributed by atoms with Crippen molar-refractivity contribution in [3.63, 3.8) is 0 Å². The maximum atomic E-state index is 12.9. The summed E-state index contributed by atoms with van der Waals surface area (Å²) in [6.07, 6.45) is 1.23. The molecule has 0 saturated carbocycles. The number of anilines is 1. The molecule has 0 bridgehead atoms. The van der Waals surface area contributed by atoms with Crippen molar-refractivity contribution in [2.24, 2.45) is 0 Å². The van der Waals surface area contributed by atoms with Gasteiger partial charge >= 0.3 is 0 Å². The van der Waals surface area contributed by atoms with E-state index >= 15 is 0 Å². The molecule has 2 amide bonds. The molecule has 2 heterocycles. The van der Waals surface area contributed by atoms with Gasteiger partial charge < -0.3 is 10.6 Å². The van der Waals surface area contributed by atoms with Crippen molar-refractivity contribution in [2.45, 2.75) is 17.4 Å². The van der Waals surface area contributed by atoms with E-state index in [1.807, 2.05) is 0 Å². The summed E-state index contributed by atoms with van der Waals surface area (Å²) in [5.74, 6) is -0.642. The maximum absolute atomic E-state index is 12.9. The molecule has 1 fully saturated rings. The summed E-state index contributed by atoms with van der Waals surface area (Å²) in [5, 5.41) is 5.18. The second kappa shape index (κ2) is 7.63. The van der Waals surface area contributed by atoms with E-state index < -0.39 is 27.9 Å². The molecule has 9 heteroatoms. The Morgan fingerprint density at radius 3 is 2.62 bits per heavy atom. The SMILES string of the molecule is O=C(C[C@@H]1C(=O)NCCN1S(=O)(=O)c1ccccc1)Nc1ccccn1. The van der Waals surface area contributed by atoms with Crippen LogP contribution < -0.4 is 10.6 Å². The van der Waals surface area contributed by atoms with Gasteiger partial charge in [0, 0.05) is 19.3 Å². The summed E-state index contributed by atoms with van der Waals surface area (Å²) in [6.45, 7) is 0.299. The molecule has 1 aromatic carbocycles. The van der Waals surface area contributed by atoms with Crippen LogP contribution in [0.15, 0.2) is 59.6 Å².